The number of hydrogen-bond donors (Lipinski definition) is 2. The third-order valence-corrected chi connectivity index (χ3v) is 1.67. The van der Waals surface area contributed by atoms with Crippen molar-refractivity contribution in [1.29, 1.82) is 0 Å². The summed E-state index contributed by atoms with van der Waals surface area (Å²) in [4.78, 5) is 10.2. The number of carbonyl (C=O) groups excluding carboxylic acids is 1. The van der Waals surface area contributed by atoms with Gasteiger partial charge in [0.1, 0.15) is 5.75 Å². The summed E-state index contributed by atoms with van der Waals surface area (Å²) in [6.45, 7) is 3.67. The lowest BCUT2D eigenvalue weighted by Gasteiger charge is -2.06. The lowest BCUT2D eigenvalue weighted by molar-refractivity contribution is 0.211. The molecule has 0 aromatic heterocycles. The van der Waals surface area contributed by atoms with Crippen LogP contribution in [0.25, 0.3) is 0 Å². The first-order chi connectivity index (χ1) is 7.91. The zero-order valence-electron chi connectivity index (χ0n) is 9.69. The average Bonchev–Trinajstić information content (AvgIpc) is 2.16. The van der Waals surface area contributed by atoms with Gasteiger partial charge in [-0.25, -0.2) is 4.79 Å². The maximum absolute atomic E-state index is 10.2. The van der Waals surface area contributed by atoms with Crippen LogP contribution in [-0.4, -0.2) is 17.1 Å². The summed E-state index contributed by atoms with van der Waals surface area (Å²) >= 11 is 11.0. The molecule has 0 radical (unpaired) electrons. The Kier molecular flexibility index (Phi) is 8.58. The highest BCUT2D eigenvalue weighted by Crippen LogP contribution is 2.07. The van der Waals surface area contributed by atoms with Crippen molar-refractivity contribution in [3.8, 4) is 5.75 Å². The van der Waals surface area contributed by atoms with Gasteiger partial charge in [-0.15, -0.1) is 23.2 Å². The quantitative estimate of drug-likeness (QED) is 0.660. The van der Waals surface area contributed by atoms with E-state index in [0.29, 0.717) is 5.75 Å². The van der Waals surface area contributed by atoms with E-state index < -0.39 is 6.09 Å². The van der Waals surface area contributed by atoms with E-state index in [0.717, 1.165) is 0 Å². The van der Waals surface area contributed by atoms with Crippen LogP contribution in [0.1, 0.15) is 13.8 Å². The van der Waals surface area contributed by atoms with E-state index >= 15 is 0 Å². The Balaban J connectivity index is 0.000000325. The Morgan fingerprint density at radius 1 is 1.24 bits per heavy atom. The monoisotopic (exact) mass is 278 g/mol. The zero-order valence-corrected chi connectivity index (χ0v) is 11.2. The van der Waals surface area contributed by atoms with Crippen LogP contribution in [0.4, 0.5) is 4.79 Å². The average molecular weight is 279 g/mol. The number of amides is 1. The Bertz CT molecular complexity index is 313. The van der Waals surface area contributed by atoms with Crippen molar-refractivity contribution >= 4 is 29.3 Å². The molecule has 0 aliphatic rings. The smallest absolute Gasteiger partial charge is 0.409 e. The fourth-order valence-electron chi connectivity index (χ4n) is 0.921. The molecule has 0 aliphatic carbocycles. The molecule has 4 nitrogen and oxygen atoms in total. The first-order valence-corrected chi connectivity index (χ1v) is 5.85. The molecule has 0 bridgehead atoms. The van der Waals surface area contributed by atoms with Gasteiger partial charge in [0.15, 0.2) is 0 Å². The van der Waals surface area contributed by atoms with Crippen LogP contribution >= 0.6 is 23.2 Å². The van der Waals surface area contributed by atoms with Crippen molar-refractivity contribution in [2.45, 2.75) is 24.8 Å². The third kappa shape index (κ3) is 11.3. The van der Waals surface area contributed by atoms with E-state index in [1.54, 1.807) is 24.3 Å². The first kappa shape index (κ1) is 16.0. The predicted octanol–water partition coefficient (Wildman–Crippen LogP) is 2.89. The van der Waals surface area contributed by atoms with E-state index in [9.17, 15) is 4.79 Å². The molecular weight excluding hydrogens is 263 g/mol. The molecule has 1 aromatic carbocycles. The Morgan fingerprint density at radius 2 is 1.71 bits per heavy atom. The van der Waals surface area contributed by atoms with Crippen LogP contribution in [0.15, 0.2) is 30.3 Å². The highest BCUT2D eigenvalue weighted by Gasteiger charge is 1.96. The molecule has 0 spiro atoms. The molecule has 1 aromatic rings. The first-order valence-electron chi connectivity index (χ1n) is 4.98. The maximum Gasteiger partial charge on any atom is 0.409 e. The molecule has 1 rings (SSSR count). The number of primary amides is 1. The van der Waals surface area contributed by atoms with E-state index in [2.05, 4.69) is 10.1 Å². The van der Waals surface area contributed by atoms with Gasteiger partial charge in [0, 0.05) is 0 Å². The number of rotatable bonds is 3. The minimum absolute atomic E-state index is 0.0347. The van der Waals surface area contributed by atoms with Gasteiger partial charge in [-0.3, -0.25) is 5.32 Å². The van der Waals surface area contributed by atoms with Crippen molar-refractivity contribution in [3.63, 3.8) is 0 Å². The van der Waals surface area contributed by atoms with E-state index in [1.165, 1.54) is 0 Å². The van der Waals surface area contributed by atoms with Crippen molar-refractivity contribution in [2.75, 3.05) is 0 Å². The Labute approximate surface area is 111 Å². The summed E-state index contributed by atoms with van der Waals surface area (Å²) in [5, 5.41) is 2.84. The standard InChI is InChI=1S/C7H7NO2.C4H9Cl2N/c8-7(9)10-6-4-2-1-3-5-6;1-3(5)7-4(2)6/h1-5H,(H2,8,9);3-4,7H,1-2H3. The van der Waals surface area contributed by atoms with Gasteiger partial charge in [0.25, 0.3) is 0 Å². The third-order valence-electron chi connectivity index (χ3n) is 1.42. The Hall–Kier alpha value is -0.970. The molecule has 2 atom stereocenters. The minimum Gasteiger partial charge on any atom is -0.411 e. The number of para-hydroxylation sites is 1. The molecule has 0 saturated heterocycles. The fourth-order valence-corrected chi connectivity index (χ4v) is 1.36. The lowest BCUT2D eigenvalue weighted by atomic mass is 10.3. The SMILES string of the molecule is CC(Cl)NC(C)Cl.NC(=O)Oc1ccccc1. The molecular formula is C11H16Cl2N2O2. The number of benzene rings is 1. The largest absolute Gasteiger partial charge is 0.411 e. The number of nitrogens with one attached hydrogen (secondary N) is 1. The fraction of sp³-hybridized carbons (Fsp3) is 0.364. The van der Waals surface area contributed by atoms with Crippen LogP contribution in [0.3, 0.4) is 0 Å². The van der Waals surface area contributed by atoms with E-state index in [-0.39, 0.29) is 11.0 Å². The predicted molar refractivity (Wildman–Crippen MR) is 70.4 cm³/mol. The van der Waals surface area contributed by atoms with Gasteiger partial charge >= 0.3 is 6.09 Å². The highest BCUT2D eigenvalue weighted by molar-refractivity contribution is 6.22. The summed E-state index contributed by atoms with van der Waals surface area (Å²) in [6.07, 6.45) is -0.786. The van der Waals surface area contributed by atoms with Gasteiger partial charge < -0.3 is 10.5 Å². The van der Waals surface area contributed by atoms with Gasteiger partial charge in [0.05, 0.1) is 11.0 Å². The highest BCUT2D eigenvalue weighted by atomic mass is 35.5. The number of alkyl halides is 2. The molecule has 3 N–H and O–H groups in total. The van der Waals surface area contributed by atoms with Gasteiger partial charge in [-0.1, -0.05) is 18.2 Å². The van der Waals surface area contributed by atoms with Crippen LogP contribution in [0.5, 0.6) is 5.75 Å². The van der Waals surface area contributed by atoms with Crippen molar-refractivity contribution in [3.05, 3.63) is 30.3 Å². The summed E-state index contributed by atoms with van der Waals surface area (Å²) in [5.74, 6) is 0.468. The topological polar surface area (TPSA) is 64.3 Å². The van der Waals surface area contributed by atoms with Crippen LogP contribution in [0, 0.1) is 0 Å². The maximum atomic E-state index is 10.2. The number of ether oxygens (including phenoxy) is 1. The van der Waals surface area contributed by atoms with Crippen molar-refractivity contribution < 1.29 is 9.53 Å². The molecule has 0 saturated carbocycles. The molecule has 0 aliphatic heterocycles. The van der Waals surface area contributed by atoms with Crippen LogP contribution in [0.2, 0.25) is 0 Å². The van der Waals surface area contributed by atoms with Crippen molar-refractivity contribution in [2.24, 2.45) is 5.73 Å². The molecule has 0 heterocycles. The molecule has 2 unspecified atom stereocenters. The number of halogens is 2. The minimum atomic E-state index is -0.786. The number of carbonyl (C=O) groups is 1. The lowest BCUT2D eigenvalue weighted by Crippen LogP contribution is -2.25. The normalized spacial score (nSPS) is 12.9. The summed E-state index contributed by atoms with van der Waals surface area (Å²) in [7, 11) is 0. The van der Waals surface area contributed by atoms with Gasteiger partial charge in [-0.2, -0.15) is 0 Å². The molecule has 0 fully saturated rings. The zero-order chi connectivity index (χ0) is 13.3. The number of nitrogens with two attached hydrogens (primary N) is 1. The van der Waals surface area contributed by atoms with E-state index in [1.807, 2.05) is 19.9 Å². The second kappa shape index (κ2) is 9.10. The summed E-state index contributed by atoms with van der Waals surface area (Å²) in [6, 6.07) is 8.67. The van der Waals surface area contributed by atoms with E-state index in [4.69, 9.17) is 28.9 Å². The molecule has 6 heteroatoms. The second-order valence-corrected chi connectivity index (χ2v) is 4.44. The summed E-state index contributed by atoms with van der Waals surface area (Å²) in [5.41, 5.74) is 4.69. The Morgan fingerprint density at radius 3 is 2.00 bits per heavy atom. The molecule has 17 heavy (non-hydrogen) atoms. The van der Waals surface area contributed by atoms with Gasteiger partial charge in [0.2, 0.25) is 0 Å². The number of hydrogen-bond acceptors (Lipinski definition) is 3. The summed E-state index contributed by atoms with van der Waals surface area (Å²) < 4.78 is 4.55. The van der Waals surface area contributed by atoms with Crippen LogP contribution in [-0.2, 0) is 0 Å². The second-order valence-electron chi connectivity index (χ2n) is 3.13. The molecule has 1 amide bonds. The van der Waals surface area contributed by atoms with Crippen LogP contribution < -0.4 is 15.8 Å². The van der Waals surface area contributed by atoms with Gasteiger partial charge in [-0.05, 0) is 26.0 Å². The molecule has 96 valence electrons. The van der Waals surface area contributed by atoms with Crippen molar-refractivity contribution in [1.82, 2.24) is 5.32 Å².